The summed E-state index contributed by atoms with van der Waals surface area (Å²) < 4.78 is 12.8. The van der Waals surface area contributed by atoms with Crippen LogP contribution in [0.4, 0.5) is 0 Å². The minimum absolute atomic E-state index is 0.0539. The number of nitrogens with one attached hydrogen (secondary N) is 1. The fraction of sp³-hybridized carbons (Fsp3) is 0.714. The van der Waals surface area contributed by atoms with Crippen molar-refractivity contribution in [2.75, 3.05) is 13.2 Å². The van der Waals surface area contributed by atoms with Crippen molar-refractivity contribution >= 4 is 5.91 Å². The maximum atomic E-state index is 12.0. The van der Waals surface area contributed by atoms with E-state index in [0.29, 0.717) is 19.6 Å². The predicted octanol–water partition coefficient (Wildman–Crippen LogP) is -0.467. The fourth-order valence-electron chi connectivity index (χ4n) is 2.99. The summed E-state index contributed by atoms with van der Waals surface area (Å²) in [6, 6.07) is 1.81. The third-order valence-electron chi connectivity index (χ3n) is 4.03. The molecule has 2 N–H and O–H groups in total. The highest BCUT2D eigenvalue weighted by atomic mass is 16.6. The summed E-state index contributed by atoms with van der Waals surface area (Å²) >= 11 is 0. The Balaban J connectivity index is 1.50. The smallest absolute Gasteiger partial charge is 0.222 e. The van der Waals surface area contributed by atoms with E-state index >= 15 is 0 Å². The first-order valence-corrected chi connectivity index (χ1v) is 7.26. The van der Waals surface area contributed by atoms with Crippen molar-refractivity contribution in [1.82, 2.24) is 15.1 Å². The van der Waals surface area contributed by atoms with Gasteiger partial charge in [-0.25, -0.2) is 0 Å². The number of aryl methyl sites for hydroxylation is 3. The van der Waals surface area contributed by atoms with E-state index in [0.717, 1.165) is 11.4 Å². The van der Waals surface area contributed by atoms with Crippen molar-refractivity contribution in [3.05, 3.63) is 17.5 Å². The normalized spacial score (nSPS) is 31.4. The molecular weight excluding hydrogens is 274 g/mol. The number of aromatic nitrogens is 2. The van der Waals surface area contributed by atoms with Gasteiger partial charge in [0.15, 0.2) is 0 Å². The summed E-state index contributed by atoms with van der Waals surface area (Å²) in [6.07, 6.45) is -0.783. The molecule has 21 heavy (non-hydrogen) atoms. The standard InChI is InChI=1S/C14H21N3O4/c1-8-5-9(2)17(16-8)4-3-12(19)15-10-6-20-14-11(18)7-21-13(10)14/h5,10-11,13-14,18H,3-4,6-7H2,1-2H3,(H,15,19)/t10-,11-,13-,14-/m1/s1. The van der Waals surface area contributed by atoms with Gasteiger partial charge < -0.3 is 19.9 Å². The number of aliphatic hydroxyl groups excluding tert-OH is 1. The number of hydrogen-bond donors (Lipinski definition) is 2. The first kappa shape index (κ1) is 14.5. The van der Waals surface area contributed by atoms with Crippen molar-refractivity contribution in [2.45, 2.75) is 51.2 Å². The SMILES string of the molecule is Cc1cc(C)n(CCC(=O)N[C@@H]2CO[C@H]3[C@@H]2OC[C@H]3O)n1. The predicted molar refractivity (Wildman–Crippen MR) is 73.7 cm³/mol. The van der Waals surface area contributed by atoms with Crippen molar-refractivity contribution < 1.29 is 19.4 Å². The second-order valence-corrected chi connectivity index (χ2v) is 5.74. The molecule has 116 valence electrons. The van der Waals surface area contributed by atoms with E-state index < -0.39 is 6.10 Å². The van der Waals surface area contributed by atoms with Gasteiger partial charge >= 0.3 is 0 Å². The molecule has 0 unspecified atom stereocenters. The van der Waals surface area contributed by atoms with Crippen LogP contribution in [0.3, 0.4) is 0 Å². The maximum absolute atomic E-state index is 12.0. The van der Waals surface area contributed by atoms with Gasteiger partial charge in [0.25, 0.3) is 0 Å². The lowest BCUT2D eigenvalue weighted by atomic mass is 10.1. The molecule has 7 heteroatoms. The molecule has 0 radical (unpaired) electrons. The van der Waals surface area contributed by atoms with Gasteiger partial charge in [0.2, 0.25) is 5.91 Å². The van der Waals surface area contributed by atoms with Gasteiger partial charge in [-0.05, 0) is 19.9 Å². The number of nitrogens with zero attached hydrogens (tertiary/aromatic N) is 2. The Kier molecular flexibility index (Phi) is 3.97. The zero-order valence-electron chi connectivity index (χ0n) is 12.3. The van der Waals surface area contributed by atoms with Gasteiger partial charge in [-0.1, -0.05) is 0 Å². The van der Waals surface area contributed by atoms with Gasteiger partial charge in [0.05, 0.1) is 24.9 Å². The number of fused-ring (bicyclic) bond motifs is 1. The number of rotatable bonds is 4. The van der Waals surface area contributed by atoms with E-state index in [1.807, 2.05) is 24.6 Å². The summed E-state index contributed by atoms with van der Waals surface area (Å²) in [6.45, 7) is 5.12. The van der Waals surface area contributed by atoms with Gasteiger partial charge in [0.1, 0.15) is 18.3 Å². The number of carbonyl (C=O) groups excluding carboxylic acids is 1. The Morgan fingerprint density at radius 1 is 1.43 bits per heavy atom. The van der Waals surface area contributed by atoms with E-state index in [9.17, 15) is 9.90 Å². The van der Waals surface area contributed by atoms with Gasteiger partial charge in [-0.3, -0.25) is 9.48 Å². The van der Waals surface area contributed by atoms with Crippen LogP contribution in [0.1, 0.15) is 17.8 Å². The summed E-state index contributed by atoms with van der Waals surface area (Å²) in [4.78, 5) is 12.0. The Hall–Kier alpha value is -1.44. The zero-order valence-corrected chi connectivity index (χ0v) is 12.3. The third kappa shape index (κ3) is 2.95. The molecule has 2 aliphatic rings. The van der Waals surface area contributed by atoms with Crippen molar-refractivity contribution in [1.29, 1.82) is 0 Å². The van der Waals surface area contributed by atoms with E-state index in [4.69, 9.17) is 9.47 Å². The Labute approximate surface area is 123 Å². The minimum Gasteiger partial charge on any atom is -0.388 e. The van der Waals surface area contributed by atoms with Crippen molar-refractivity contribution in [2.24, 2.45) is 0 Å². The highest BCUT2D eigenvalue weighted by Gasteiger charge is 2.47. The van der Waals surface area contributed by atoms with Gasteiger partial charge in [0, 0.05) is 18.7 Å². The number of ether oxygens (including phenoxy) is 2. The molecule has 4 atom stereocenters. The van der Waals surface area contributed by atoms with Crippen LogP contribution >= 0.6 is 0 Å². The molecule has 7 nitrogen and oxygen atoms in total. The average molecular weight is 295 g/mol. The zero-order chi connectivity index (χ0) is 15.0. The fourth-order valence-corrected chi connectivity index (χ4v) is 2.99. The lowest BCUT2D eigenvalue weighted by molar-refractivity contribution is -0.122. The summed E-state index contributed by atoms with van der Waals surface area (Å²) in [5.41, 5.74) is 2.00. The first-order chi connectivity index (χ1) is 10.0. The lowest BCUT2D eigenvalue weighted by Gasteiger charge is -2.17. The van der Waals surface area contributed by atoms with E-state index in [1.165, 1.54) is 0 Å². The minimum atomic E-state index is -0.591. The molecule has 0 saturated carbocycles. The molecular formula is C14H21N3O4. The van der Waals surface area contributed by atoms with E-state index in [1.54, 1.807) is 0 Å². The summed E-state index contributed by atoms with van der Waals surface area (Å²) in [5.74, 6) is -0.0539. The molecule has 0 aromatic carbocycles. The summed E-state index contributed by atoms with van der Waals surface area (Å²) in [7, 11) is 0. The Morgan fingerprint density at radius 3 is 2.90 bits per heavy atom. The highest BCUT2D eigenvalue weighted by molar-refractivity contribution is 5.76. The van der Waals surface area contributed by atoms with Gasteiger partial charge in [-0.2, -0.15) is 5.10 Å². The lowest BCUT2D eigenvalue weighted by Crippen LogP contribution is -2.44. The van der Waals surface area contributed by atoms with Crippen molar-refractivity contribution in [3.8, 4) is 0 Å². The second-order valence-electron chi connectivity index (χ2n) is 5.74. The quantitative estimate of drug-likeness (QED) is 0.784. The number of carbonyl (C=O) groups is 1. The largest absolute Gasteiger partial charge is 0.388 e. The van der Waals surface area contributed by atoms with Crippen LogP contribution in [0.2, 0.25) is 0 Å². The van der Waals surface area contributed by atoms with Gasteiger partial charge in [-0.15, -0.1) is 0 Å². The molecule has 3 rings (SSSR count). The van der Waals surface area contributed by atoms with Crippen LogP contribution < -0.4 is 5.32 Å². The average Bonchev–Trinajstić information content (AvgIpc) is 3.07. The van der Waals surface area contributed by atoms with Crippen LogP contribution in [0.5, 0.6) is 0 Å². The Morgan fingerprint density at radius 2 is 2.19 bits per heavy atom. The third-order valence-corrected chi connectivity index (χ3v) is 4.03. The molecule has 1 aromatic rings. The van der Waals surface area contributed by atoms with Crippen LogP contribution in [0.25, 0.3) is 0 Å². The molecule has 2 aliphatic heterocycles. The van der Waals surface area contributed by atoms with Crippen LogP contribution in [0, 0.1) is 13.8 Å². The molecule has 3 heterocycles. The molecule has 0 spiro atoms. The number of amides is 1. The number of hydrogen-bond acceptors (Lipinski definition) is 5. The van der Waals surface area contributed by atoms with E-state index in [2.05, 4.69) is 10.4 Å². The molecule has 1 amide bonds. The van der Waals surface area contributed by atoms with Crippen LogP contribution in [-0.2, 0) is 20.8 Å². The maximum Gasteiger partial charge on any atom is 0.222 e. The Bertz CT molecular complexity index is 530. The van der Waals surface area contributed by atoms with Crippen molar-refractivity contribution in [3.63, 3.8) is 0 Å². The molecule has 0 aliphatic carbocycles. The molecule has 1 aromatic heterocycles. The molecule has 2 saturated heterocycles. The highest BCUT2D eigenvalue weighted by Crippen LogP contribution is 2.26. The second kappa shape index (κ2) is 5.75. The molecule has 0 bridgehead atoms. The van der Waals surface area contributed by atoms with Crippen LogP contribution in [-0.4, -0.2) is 58.4 Å². The monoisotopic (exact) mass is 295 g/mol. The number of aliphatic hydroxyl groups is 1. The van der Waals surface area contributed by atoms with Crippen LogP contribution in [0.15, 0.2) is 6.07 Å². The topological polar surface area (TPSA) is 85.6 Å². The summed E-state index contributed by atoms with van der Waals surface area (Å²) in [5, 5.41) is 16.9. The first-order valence-electron chi connectivity index (χ1n) is 7.26. The van der Waals surface area contributed by atoms with E-state index in [-0.39, 0.29) is 30.8 Å². The molecule has 2 fully saturated rings.